The molecule has 1 aliphatic carbocycles. The molecule has 1 aromatic rings. The highest BCUT2D eigenvalue weighted by Crippen LogP contribution is 2.40. The largest absolute Gasteiger partial charge is 0.505 e. The SMILES string of the molecule is N[C@H](c1cc(Br)cc(F)c1O)C1CCC1. The minimum Gasteiger partial charge on any atom is -0.505 e. The topological polar surface area (TPSA) is 46.2 Å². The Morgan fingerprint density at radius 1 is 1.47 bits per heavy atom. The summed E-state index contributed by atoms with van der Waals surface area (Å²) in [6.07, 6.45) is 3.30. The zero-order valence-electron chi connectivity index (χ0n) is 8.21. The number of hydrogen-bond acceptors (Lipinski definition) is 2. The molecule has 1 atom stereocenters. The van der Waals surface area contributed by atoms with E-state index in [-0.39, 0.29) is 11.8 Å². The molecule has 1 aromatic carbocycles. The predicted octanol–water partition coefficient (Wildman–Crippen LogP) is 3.09. The third-order valence-electron chi connectivity index (χ3n) is 3.07. The van der Waals surface area contributed by atoms with Gasteiger partial charge in [-0.3, -0.25) is 0 Å². The number of phenolic OH excluding ortho intramolecular Hbond substituents is 1. The lowest BCUT2D eigenvalue weighted by Gasteiger charge is -2.31. The first kappa shape index (κ1) is 10.9. The fourth-order valence-electron chi connectivity index (χ4n) is 1.89. The third-order valence-corrected chi connectivity index (χ3v) is 3.53. The van der Waals surface area contributed by atoms with Crippen molar-refractivity contribution < 1.29 is 9.50 Å². The summed E-state index contributed by atoms with van der Waals surface area (Å²) in [5.41, 5.74) is 6.50. The van der Waals surface area contributed by atoms with Crippen LogP contribution in [0.2, 0.25) is 0 Å². The van der Waals surface area contributed by atoms with E-state index in [0.717, 1.165) is 12.8 Å². The summed E-state index contributed by atoms with van der Waals surface area (Å²) in [5, 5.41) is 9.59. The second-order valence-electron chi connectivity index (χ2n) is 4.04. The summed E-state index contributed by atoms with van der Waals surface area (Å²) >= 11 is 3.20. The minimum absolute atomic E-state index is 0.259. The molecule has 0 amide bonds. The molecule has 0 radical (unpaired) electrons. The van der Waals surface area contributed by atoms with Crippen molar-refractivity contribution in [1.29, 1.82) is 0 Å². The summed E-state index contributed by atoms with van der Waals surface area (Å²) in [4.78, 5) is 0. The lowest BCUT2D eigenvalue weighted by Crippen LogP contribution is -2.27. The van der Waals surface area contributed by atoms with E-state index in [2.05, 4.69) is 15.9 Å². The highest BCUT2D eigenvalue weighted by molar-refractivity contribution is 9.10. The third kappa shape index (κ3) is 2.01. The summed E-state index contributed by atoms with van der Waals surface area (Å²) < 4.78 is 13.9. The number of phenols is 1. The number of rotatable bonds is 2. The van der Waals surface area contributed by atoms with Crippen LogP contribution in [0, 0.1) is 11.7 Å². The van der Waals surface area contributed by atoms with E-state index in [0.29, 0.717) is 16.0 Å². The van der Waals surface area contributed by atoms with E-state index in [1.165, 1.54) is 12.5 Å². The molecule has 82 valence electrons. The summed E-state index contributed by atoms with van der Waals surface area (Å²) in [7, 11) is 0. The Hall–Kier alpha value is -0.610. The van der Waals surface area contributed by atoms with Gasteiger partial charge in [0, 0.05) is 16.1 Å². The molecule has 4 heteroatoms. The molecule has 0 spiro atoms. The van der Waals surface area contributed by atoms with Crippen LogP contribution in [0.5, 0.6) is 5.75 Å². The van der Waals surface area contributed by atoms with Crippen LogP contribution in [0.15, 0.2) is 16.6 Å². The lowest BCUT2D eigenvalue weighted by molar-refractivity contribution is 0.259. The standard InChI is InChI=1S/C11H13BrFNO/c12-7-4-8(11(15)9(13)5-7)10(14)6-2-1-3-6/h4-6,10,15H,1-3,14H2/t10-/m0/s1. The molecular formula is C11H13BrFNO. The fourth-order valence-corrected chi connectivity index (χ4v) is 2.34. The number of nitrogens with two attached hydrogens (primary N) is 1. The Labute approximate surface area is 96.4 Å². The molecule has 15 heavy (non-hydrogen) atoms. The van der Waals surface area contributed by atoms with Gasteiger partial charge in [0.25, 0.3) is 0 Å². The Morgan fingerprint density at radius 3 is 2.67 bits per heavy atom. The number of aromatic hydroxyl groups is 1. The second kappa shape index (κ2) is 4.10. The van der Waals surface area contributed by atoms with Crippen molar-refractivity contribution in [3.8, 4) is 5.75 Å². The van der Waals surface area contributed by atoms with Gasteiger partial charge in [0.05, 0.1) is 0 Å². The van der Waals surface area contributed by atoms with Gasteiger partial charge >= 0.3 is 0 Å². The summed E-state index contributed by atoms with van der Waals surface area (Å²) in [5.74, 6) is -0.545. The molecule has 2 nitrogen and oxygen atoms in total. The van der Waals surface area contributed by atoms with E-state index in [9.17, 15) is 9.50 Å². The van der Waals surface area contributed by atoms with Gasteiger partial charge in [-0.1, -0.05) is 22.4 Å². The minimum atomic E-state index is -0.617. The van der Waals surface area contributed by atoms with Crippen LogP contribution in [0.1, 0.15) is 30.9 Å². The Morgan fingerprint density at radius 2 is 2.13 bits per heavy atom. The van der Waals surface area contributed by atoms with E-state index in [1.54, 1.807) is 6.07 Å². The lowest BCUT2D eigenvalue weighted by atomic mass is 9.77. The molecule has 0 aromatic heterocycles. The van der Waals surface area contributed by atoms with E-state index >= 15 is 0 Å². The van der Waals surface area contributed by atoms with Crippen molar-refractivity contribution in [3.05, 3.63) is 28.0 Å². The molecule has 1 saturated carbocycles. The zero-order chi connectivity index (χ0) is 11.0. The van der Waals surface area contributed by atoms with Crippen molar-refractivity contribution in [3.63, 3.8) is 0 Å². The Bertz CT molecular complexity index is 379. The first-order valence-corrected chi connectivity index (χ1v) is 5.82. The molecule has 0 unspecified atom stereocenters. The van der Waals surface area contributed by atoms with E-state index < -0.39 is 5.82 Å². The first-order valence-electron chi connectivity index (χ1n) is 5.03. The van der Waals surface area contributed by atoms with Gasteiger partial charge < -0.3 is 10.8 Å². The molecule has 1 fully saturated rings. The van der Waals surface area contributed by atoms with Crippen LogP contribution in [0.25, 0.3) is 0 Å². The highest BCUT2D eigenvalue weighted by Gasteiger charge is 2.28. The van der Waals surface area contributed by atoms with Gasteiger partial charge in [0.15, 0.2) is 11.6 Å². The van der Waals surface area contributed by atoms with Gasteiger partial charge in [0.1, 0.15) is 0 Å². The van der Waals surface area contributed by atoms with E-state index in [1.807, 2.05) is 0 Å². The van der Waals surface area contributed by atoms with Crippen molar-refractivity contribution in [2.45, 2.75) is 25.3 Å². The molecule has 0 saturated heterocycles. The molecule has 1 aliphatic rings. The van der Waals surface area contributed by atoms with Crippen LogP contribution >= 0.6 is 15.9 Å². The number of halogens is 2. The summed E-state index contributed by atoms with van der Waals surface area (Å²) in [6.45, 7) is 0. The van der Waals surface area contributed by atoms with Gasteiger partial charge in [-0.15, -0.1) is 0 Å². The van der Waals surface area contributed by atoms with Crippen molar-refractivity contribution >= 4 is 15.9 Å². The zero-order valence-corrected chi connectivity index (χ0v) is 9.80. The average Bonchev–Trinajstić information content (AvgIpc) is 2.08. The Kier molecular flexibility index (Phi) is 2.98. The normalized spacial score (nSPS) is 18.6. The van der Waals surface area contributed by atoms with Crippen LogP contribution < -0.4 is 5.73 Å². The fraction of sp³-hybridized carbons (Fsp3) is 0.455. The maximum absolute atomic E-state index is 13.3. The van der Waals surface area contributed by atoms with Crippen LogP contribution in [-0.2, 0) is 0 Å². The molecule has 0 heterocycles. The molecule has 0 bridgehead atoms. The quantitative estimate of drug-likeness (QED) is 0.870. The van der Waals surface area contributed by atoms with Crippen molar-refractivity contribution in [2.75, 3.05) is 0 Å². The number of hydrogen-bond donors (Lipinski definition) is 2. The maximum atomic E-state index is 13.3. The number of benzene rings is 1. The second-order valence-corrected chi connectivity index (χ2v) is 4.96. The van der Waals surface area contributed by atoms with Crippen LogP contribution in [0.3, 0.4) is 0 Å². The molecule has 3 N–H and O–H groups in total. The van der Waals surface area contributed by atoms with Crippen molar-refractivity contribution in [2.24, 2.45) is 11.7 Å². The Balaban J connectivity index is 2.33. The van der Waals surface area contributed by atoms with Gasteiger partial charge in [-0.2, -0.15) is 0 Å². The molecule has 2 rings (SSSR count). The predicted molar refractivity (Wildman–Crippen MR) is 60.0 cm³/mol. The maximum Gasteiger partial charge on any atom is 0.166 e. The van der Waals surface area contributed by atoms with Crippen LogP contribution in [0.4, 0.5) is 4.39 Å². The van der Waals surface area contributed by atoms with Gasteiger partial charge in [0.2, 0.25) is 0 Å². The average molecular weight is 274 g/mol. The first-order chi connectivity index (χ1) is 7.09. The van der Waals surface area contributed by atoms with E-state index in [4.69, 9.17) is 5.73 Å². The molecular weight excluding hydrogens is 261 g/mol. The van der Waals surface area contributed by atoms with Crippen LogP contribution in [-0.4, -0.2) is 5.11 Å². The van der Waals surface area contributed by atoms with Gasteiger partial charge in [-0.05, 0) is 30.9 Å². The smallest absolute Gasteiger partial charge is 0.166 e. The van der Waals surface area contributed by atoms with Gasteiger partial charge in [-0.25, -0.2) is 4.39 Å². The highest BCUT2D eigenvalue weighted by atomic mass is 79.9. The monoisotopic (exact) mass is 273 g/mol. The molecule has 0 aliphatic heterocycles. The van der Waals surface area contributed by atoms with Crippen molar-refractivity contribution in [1.82, 2.24) is 0 Å². The summed E-state index contributed by atoms with van der Waals surface area (Å²) in [6, 6.07) is 2.68.